The SMILES string of the molecule is O=C(Nc1cccc(-c2csc(NC(=O)c3ccc(Cl)cc3Cl)n2)c1)c1ccc([N+](=O)[O-])cc1. The van der Waals surface area contributed by atoms with Gasteiger partial charge in [-0.1, -0.05) is 35.3 Å². The molecule has 0 aliphatic heterocycles. The summed E-state index contributed by atoms with van der Waals surface area (Å²) in [6.45, 7) is 0. The third-order valence-electron chi connectivity index (χ3n) is 4.66. The number of non-ortho nitro benzene ring substituents is 1. The topological polar surface area (TPSA) is 114 Å². The standard InChI is InChI=1S/C23H14Cl2N4O4S/c24-15-6-9-18(19(25)11-15)22(31)28-23-27-20(12-34-23)14-2-1-3-16(10-14)26-21(30)13-4-7-17(8-5-13)29(32)33/h1-12H,(H,26,30)(H,27,28,31). The first kappa shape index (κ1) is 23.4. The molecule has 3 aromatic carbocycles. The molecule has 0 atom stereocenters. The Kier molecular flexibility index (Phi) is 6.87. The maximum absolute atomic E-state index is 12.5. The lowest BCUT2D eigenvalue weighted by molar-refractivity contribution is -0.384. The molecular weight excluding hydrogens is 499 g/mol. The molecule has 0 aliphatic rings. The number of anilines is 2. The van der Waals surface area contributed by atoms with Crippen molar-refractivity contribution in [2.45, 2.75) is 0 Å². The van der Waals surface area contributed by atoms with Crippen LogP contribution in [0.4, 0.5) is 16.5 Å². The second-order valence-electron chi connectivity index (χ2n) is 6.96. The fraction of sp³-hybridized carbons (Fsp3) is 0. The Morgan fingerprint density at radius 1 is 0.941 bits per heavy atom. The average Bonchev–Trinajstić information content (AvgIpc) is 3.27. The fourth-order valence-corrected chi connectivity index (χ4v) is 4.20. The lowest BCUT2D eigenvalue weighted by Gasteiger charge is -2.07. The van der Waals surface area contributed by atoms with E-state index in [1.54, 1.807) is 29.6 Å². The number of nitrogens with one attached hydrogen (secondary N) is 2. The molecule has 0 radical (unpaired) electrons. The van der Waals surface area contributed by atoms with E-state index in [2.05, 4.69) is 15.6 Å². The van der Waals surface area contributed by atoms with Crippen molar-refractivity contribution in [3.63, 3.8) is 0 Å². The minimum absolute atomic E-state index is 0.0942. The zero-order chi connectivity index (χ0) is 24.2. The minimum atomic E-state index is -0.528. The number of thiazole rings is 1. The van der Waals surface area contributed by atoms with Gasteiger partial charge in [0.2, 0.25) is 0 Å². The molecule has 0 saturated carbocycles. The van der Waals surface area contributed by atoms with Gasteiger partial charge in [0.05, 0.1) is 21.2 Å². The van der Waals surface area contributed by atoms with E-state index in [1.807, 2.05) is 6.07 Å². The summed E-state index contributed by atoms with van der Waals surface area (Å²) in [5.74, 6) is -0.815. The van der Waals surface area contributed by atoms with Crippen LogP contribution in [0.5, 0.6) is 0 Å². The molecule has 170 valence electrons. The quantitative estimate of drug-likeness (QED) is 0.225. The van der Waals surface area contributed by atoms with E-state index in [9.17, 15) is 19.7 Å². The second-order valence-corrected chi connectivity index (χ2v) is 8.66. The third kappa shape index (κ3) is 5.40. The van der Waals surface area contributed by atoms with Crippen LogP contribution in [0, 0.1) is 10.1 Å². The van der Waals surface area contributed by atoms with Gasteiger partial charge in [-0.3, -0.25) is 25.0 Å². The lowest BCUT2D eigenvalue weighted by atomic mass is 10.1. The zero-order valence-electron chi connectivity index (χ0n) is 17.1. The van der Waals surface area contributed by atoms with Gasteiger partial charge < -0.3 is 5.32 Å². The summed E-state index contributed by atoms with van der Waals surface area (Å²) in [5.41, 5.74) is 2.32. The predicted octanol–water partition coefficient (Wildman–Crippen LogP) is 6.53. The number of nitrogens with zero attached hydrogens (tertiary/aromatic N) is 2. The Morgan fingerprint density at radius 3 is 2.41 bits per heavy atom. The molecule has 34 heavy (non-hydrogen) atoms. The largest absolute Gasteiger partial charge is 0.322 e. The highest BCUT2D eigenvalue weighted by Gasteiger charge is 2.14. The molecule has 4 rings (SSSR count). The maximum Gasteiger partial charge on any atom is 0.269 e. The molecule has 0 spiro atoms. The molecule has 1 heterocycles. The van der Waals surface area contributed by atoms with Crippen LogP contribution in [0.2, 0.25) is 10.0 Å². The minimum Gasteiger partial charge on any atom is -0.322 e. The van der Waals surface area contributed by atoms with Crippen molar-refractivity contribution >= 4 is 62.9 Å². The monoisotopic (exact) mass is 512 g/mol. The van der Waals surface area contributed by atoms with Gasteiger partial charge in [-0.15, -0.1) is 11.3 Å². The summed E-state index contributed by atoms with van der Waals surface area (Å²) in [4.78, 5) is 39.7. The number of carbonyl (C=O) groups excluding carboxylic acids is 2. The summed E-state index contributed by atoms with van der Waals surface area (Å²) >= 11 is 13.2. The normalized spacial score (nSPS) is 10.5. The van der Waals surface area contributed by atoms with Crippen LogP contribution in [0.1, 0.15) is 20.7 Å². The first-order chi connectivity index (χ1) is 16.3. The Morgan fingerprint density at radius 2 is 1.71 bits per heavy atom. The van der Waals surface area contributed by atoms with E-state index >= 15 is 0 Å². The lowest BCUT2D eigenvalue weighted by Crippen LogP contribution is -2.12. The summed E-state index contributed by atoms with van der Waals surface area (Å²) in [5, 5.41) is 19.1. The van der Waals surface area contributed by atoms with Crippen molar-refractivity contribution in [3.05, 3.63) is 103 Å². The summed E-state index contributed by atoms with van der Waals surface area (Å²) in [7, 11) is 0. The predicted molar refractivity (Wildman–Crippen MR) is 133 cm³/mol. The van der Waals surface area contributed by atoms with Crippen molar-refractivity contribution in [1.29, 1.82) is 0 Å². The molecule has 4 aromatic rings. The molecule has 0 saturated heterocycles. The number of rotatable bonds is 6. The molecular formula is C23H14Cl2N4O4S. The smallest absolute Gasteiger partial charge is 0.269 e. The van der Waals surface area contributed by atoms with Crippen LogP contribution in [-0.4, -0.2) is 21.7 Å². The Labute approximate surface area is 207 Å². The number of hydrogen-bond acceptors (Lipinski definition) is 6. The van der Waals surface area contributed by atoms with E-state index < -0.39 is 16.7 Å². The number of halogens is 2. The van der Waals surface area contributed by atoms with Crippen molar-refractivity contribution < 1.29 is 14.5 Å². The van der Waals surface area contributed by atoms with Crippen LogP contribution in [0.3, 0.4) is 0 Å². The average molecular weight is 513 g/mol. The molecule has 0 bridgehead atoms. The number of carbonyl (C=O) groups is 2. The van der Waals surface area contributed by atoms with E-state index in [0.29, 0.717) is 21.5 Å². The molecule has 2 amide bonds. The number of aromatic nitrogens is 1. The second kappa shape index (κ2) is 10.0. The van der Waals surface area contributed by atoms with Crippen LogP contribution in [0.15, 0.2) is 72.1 Å². The van der Waals surface area contributed by atoms with Gasteiger partial charge >= 0.3 is 0 Å². The zero-order valence-corrected chi connectivity index (χ0v) is 19.4. The van der Waals surface area contributed by atoms with Crippen molar-refractivity contribution in [3.8, 4) is 11.3 Å². The fourth-order valence-electron chi connectivity index (χ4n) is 3.00. The number of hydrogen-bond donors (Lipinski definition) is 2. The van der Waals surface area contributed by atoms with E-state index in [4.69, 9.17) is 23.2 Å². The van der Waals surface area contributed by atoms with Gasteiger partial charge in [0.1, 0.15) is 0 Å². The molecule has 8 nitrogen and oxygen atoms in total. The Balaban J connectivity index is 1.46. The van der Waals surface area contributed by atoms with Crippen LogP contribution >= 0.6 is 34.5 Å². The van der Waals surface area contributed by atoms with Gasteiger partial charge in [-0.2, -0.15) is 0 Å². The molecule has 0 aliphatic carbocycles. The number of nitro groups is 1. The van der Waals surface area contributed by atoms with E-state index in [1.165, 1.54) is 47.7 Å². The summed E-state index contributed by atoms with van der Waals surface area (Å²) in [6, 6.07) is 16.9. The van der Waals surface area contributed by atoms with Crippen LogP contribution in [-0.2, 0) is 0 Å². The summed E-state index contributed by atoms with van der Waals surface area (Å²) in [6.07, 6.45) is 0. The maximum atomic E-state index is 12.5. The third-order valence-corrected chi connectivity index (χ3v) is 5.96. The molecule has 1 aromatic heterocycles. The first-order valence-electron chi connectivity index (χ1n) is 9.68. The van der Waals surface area contributed by atoms with Crippen molar-refractivity contribution in [2.75, 3.05) is 10.6 Å². The van der Waals surface area contributed by atoms with Crippen molar-refractivity contribution in [2.24, 2.45) is 0 Å². The first-order valence-corrected chi connectivity index (χ1v) is 11.3. The molecule has 11 heteroatoms. The van der Waals surface area contributed by atoms with Gasteiger partial charge in [0, 0.05) is 39.3 Å². The van der Waals surface area contributed by atoms with Crippen LogP contribution < -0.4 is 10.6 Å². The van der Waals surface area contributed by atoms with Gasteiger partial charge in [-0.25, -0.2) is 4.98 Å². The molecule has 2 N–H and O–H groups in total. The summed E-state index contributed by atoms with van der Waals surface area (Å²) < 4.78 is 0. The number of nitro benzene ring substituents is 1. The Bertz CT molecular complexity index is 1410. The highest BCUT2D eigenvalue weighted by molar-refractivity contribution is 7.14. The highest BCUT2D eigenvalue weighted by Crippen LogP contribution is 2.28. The van der Waals surface area contributed by atoms with Gasteiger partial charge in [0.25, 0.3) is 17.5 Å². The van der Waals surface area contributed by atoms with Crippen molar-refractivity contribution in [1.82, 2.24) is 4.98 Å². The van der Waals surface area contributed by atoms with E-state index in [-0.39, 0.29) is 21.8 Å². The van der Waals surface area contributed by atoms with Gasteiger partial charge in [0.15, 0.2) is 5.13 Å². The highest BCUT2D eigenvalue weighted by atomic mass is 35.5. The van der Waals surface area contributed by atoms with Crippen LogP contribution in [0.25, 0.3) is 11.3 Å². The molecule has 0 unspecified atom stereocenters. The number of benzene rings is 3. The number of amides is 2. The Hall–Kier alpha value is -3.79. The molecule has 0 fully saturated rings. The van der Waals surface area contributed by atoms with Gasteiger partial charge in [-0.05, 0) is 42.5 Å². The van der Waals surface area contributed by atoms with E-state index in [0.717, 1.165) is 5.56 Å².